The Balaban J connectivity index is 3.76. The van der Waals surface area contributed by atoms with Gasteiger partial charge in [-0.05, 0) is 0 Å². The van der Waals surface area contributed by atoms with Gasteiger partial charge in [0.2, 0.25) is 0 Å². The minimum atomic E-state index is -4.07. The normalized spacial score (nSPS) is 12.2. The lowest BCUT2D eigenvalue weighted by Crippen LogP contribution is -1.88. The minimum absolute atomic E-state index is 0.528. The second kappa shape index (κ2) is 3.51. The third-order valence-corrected chi connectivity index (χ3v) is 1.29. The molecule has 6 heteroatoms. The van der Waals surface area contributed by atoms with Crippen molar-refractivity contribution in [2.75, 3.05) is 6.16 Å². The number of aliphatic carboxylic acids is 1. The summed E-state index contributed by atoms with van der Waals surface area (Å²) in [5, 5.41) is 7.97. The highest BCUT2D eigenvalue weighted by Gasteiger charge is 2.08. The molecule has 0 radical (unpaired) electrons. The van der Waals surface area contributed by atoms with Crippen LogP contribution in [0.4, 0.5) is 0 Å². The van der Waals surface area contributed by atoms with Crippen LogP contribution in [-0.2, 0) is 9.36 Å². The molecule has 58 valence electrons. The molecule has 0 bridgehead atoms. The summed E-state index contributed by atoms with van der Waals surface area (Å²) in [6.45, 7) is 0. The molecule has 5 nitrogen and oxygen atoms in total. The maximum absolute atomic E-state index is 10.1. The lowest BCUT2D eigenvalue weighted by atomic mass is 10.5. The molecule has 0 heterocycles. The highest BCUT2D eigenvalue weighted by Crippen LogP contribution is 2.33. The summed E-state index contributed by atoms with van der Waals surface area (Å²) in [7, 11) is -4.07. The van der Waals surface area contributed by atoms with Crippen LogP contribution in [0, 0.1) is 0 Å². The van der Waals surface area contributed by atoms with Crippen LogP contribution >= 0.6 is 7.60 Å². The second-order valence-corrected chi connectivity index (χ2v) is 3.28. The molecule has 0 rings (SSSR count). The lowest BCUT2D eigenvalue weighted by molar-refractivity contribution is -0.131. The average Bonchev–Trinajstić information content (AvgIpc) is 1.59. The van der Waals surface area contributed by atoms with Gasteiger partial charge < -0.3 is 14.9 Å². The van der Waals surface area contributed by atoms with E-state index >= 15 is 0 Å². The Bertz CT molecular complexity index is 190. The summed E-state index contributed by atoms with van der Waals surface area (Å²) >= 11 is 0. The van der Waals surface area contributed by atoms with E-state index in [-0.39, 0.29) is 0 Å². The largest absolute Gasteiger partial charge is 0.478 e. The number of hydrogen-bond acceptors (Lipinski definition) is 2. The van der Waals surface area contributed by atoms with Crippen LogP contribution in [0.3, 0.4) is 0 Å². The van der Waals surface area contributed by atoms with Gasteiger partial charge in [0.15, 0.2) is 0 Å². The predicted octanol–water partition coefficient (Wildman–Crippen LogP) is -0.195. The maximum Gasteiger partial charge on any atom is 0.329 e. The fourth-order valence-electron chi connectivity index (χ4n) is 0.291. The van der Waals surface area contributed by atoms with Gasteiger partial charge in [0.25, 0.3) is 0 Å². The molecule has 0 fully saturated rings. The van der Waals surface area contributed by atoms with Crippen molar-refractivity contribution in [3.63, 3.8) is 0 Å². The molecule has 3 N–H and O–H groups in total. The quantitative estimate of drug-likeness (QED) is 0.398. The van der Waals surface area contributed by atoms with E-state index < -0.39 is 19.7 Å². The molecule has 0 saturated heterocycles. The van der Waals surface area contributed by atoms with Crippen LogP contribution in [0.1, 0.15) is 0 Å². The van der Waals surface area contributed by atoms with E-state index in [1.807, 2.05) is 0 Å². The second-order valence-electron chi connectivity index (χ2n) is 1.59. The average molecular weight is 166 g/mol. The number of allylic oxidation sites excluding steroid dienone is 1. The van der Waals surface area contributed by atoms with Gasteiger partial charge in [0, 0.05) is 6.08 Å². The van der Waals surface area contributed by atoms with Crippen molar-refractivity contribution >= 4 is 13.6 Å². The van der Waals surface area contributed by atoms with Gasteiger partial charge in [0.1, 0.15) is 0 Å². The molecule has 0 aliphatic carbocycles. The predicted molar refractivity (Wildman–Crippen MR) is 33.7 cm³/mol. The Labute approximate surface area is 57.2 Å². The van der Waals surface area contributed by atoms with Crippen LogP contribution in [0.5, 0.6) is 0 Å². The smallest absolute Gasteiger partial charge is 0.329 e. The van der Waals surface area contributed by atoms with Gasteiger partial charge >= 0.3 is 13.6 Å². The molecular weight excluding hydrogens is 159 g/mol. The topological polar surface area (TPSA) is 94.8 Å². The van der Waals surface area contributed by atoms with Crippen LogP contribution in [0.25, 0.3) is 0 Å². The van der Waals surface area contributed by atoms with E-state index in [2.05, 4.69) is 0 Å². The van der Waals surface area contributed by atoms with E-state index in [0.29, 0.717) is 6.08 Å². The van der Waals surface area contributed by atoms with Crippen LogP contribution in [0.15, 0.2) is 12.2 Å². The van der Waals surface area contributed by atoms with E-state index in [0.717, 1.165) is 6.08 Å². The summed E-state index contributed by atoms with van der Waals surface area (Å²) < 4.78 is 10.1. The minimum Gasteiger partial charge on any atom is -0.478 e. The van der Waals surface area contributed by atoms with E-state index in [9.17, 15) is 9.36 Å². The molecular formula is C4H7O5P. The monoisotopic (exact) mass is 166 g/mol. The van der Waals surface area contributed by atoms with Crippen LogP contribution < -0.4 is 0 Å². The Morgan fingerprint density at radius 3 is 2.30 bits per heavy atom. The summed E-state index contributed by atoms with van der Waals surface area (Å²) in [4.78, 5) is 26.1. The Morgan fingerprint density at radius 2 is 2.00 bits per heavy atom. The molecule has 0 amide bonds. The molecule has 0 spiro atoms. The third kappa shape index (κ3) is 7.36. The molecule has 0 atom stereocenters. The van der Waals surface area contributed by atoms with Crippen molar-refractivity contribution in [2.24, 2.45) is 0 Å². The highest BCUT2D eigenvalue weighted by molar-refractivity contribution is 7.51. The van der Waals surface area contributed by atoms with E-state index in [1.165, 1.54) is 0 Å². The molecule has 0 aromatic carbocycles. The van der Waals surface area contributed by atoms with Crippen LogP contribution in [0.2, 0.25) is 0 Å². The Kier molecular flexibility index (Phi) is 3.28. The van der Waals surface area contributed by atoms with Crippen molar-refractivity contribution in [3.05, 3.63) is 12.2 Å². The molecule has 0 aromatic rings. The number of carbonyl (C=O) groups is 1. The number of rotatable bonds is 3. The summed E-state index contributed by atoms with van der Waals surface area (Å²) in [6, 6.07) is 0. The fraction of sp³-hybridized carbons (Fsp3) is 0.250. The van der Waals surface area contributed by atoms with Crippen molar-refractivity contribution < 1.29 is 24.3 Å². The molecule has 10 heavy (non-hydrogen) atoms. The van der Waals surface area contributed by atoms with Crippen molar-refractivity contribution in [1.29, 1.82) is 0 Å². The first-order chi connectivity index (χ1) is 4.42. The van der Waals surface area contributed by atoms with Gasteiger partial charge in [-0.2, -0.15) is 0 Å². The van der Waals surface area contributed by atoms with Crippen molar-refractivity contribution in [1.82, 2.24) is 0 Å². The lowest BCUT2D eigenvalue weighted by Gasteiger charge is -1.95. The first-order valence-corrected chi connectivity index (χ1v) is 4.15. The molecule has 0 unspecified atom stereocenters. The summed E-state index contributed by atoms with van der Waals surface area (Å²) in [6.07, 6.45) is 1.08. The number of carboxylic acids is 1. The molecule has 0 aliphatic rings. The standard InChI is InChI=1S/C4H7O5P/c5-4(6)2-1-3-10(7,8)9/h1-2H,3H2,(H,5,6)(H2,7,8,9). The Hall–Kier alpha value is -0.640. The van der Waals surface area contributed by atoms with Gasteiger partial charge in [-0.3, -0.25) is 4.57 Å². The zero-order valence-corrected chi connectivity index (χ0v) is 5.86. The zero-order chi connectivity index (χ0) is 8.20. The number of hydrogen-bond donors (Lipinski definition) is 3. The zero-order valence-electron chi connectivity index (χ0n) is 4.97. The summed E-state index contributed by atoms with van der Waals surface area (Å²) in [5.74, 6) is -1.21. The maximum atomic E-state index is 10.1. The molecule has 0 saturated carbocycles. The fourth-order valence-corrected chi connectivity index (χ4v) is 0.671. The molecule has 0 aromatic heterocycles. The SMILES string of the molecule is O=C(O)C=CCP(=O)(O)O. The van der Waals surface area contributed by atoms with Crippen LogP contribution in [-0.4, -0.2) is 27.0 Å². The third-order valence-electron chi connectivity index (χ3n) is 0.604. The van der Waals surface area contributed by atoms with Crippen molar-refractivity contribution in [3.8, 4) is 0 Å². The first-order valence-electron chi connectivity index (χ1n) is 2.36. The number of carboxylic acid groups (broad SMARTS) is 1. The summed E-state index contributed by atoms with van der Waals surface area (Å²) in [5.41, 5.74) is 0. The van der Waals surface area contributed by atoms with Crippen molar-refractivity contribution in [2.45, 2.75) is 0 Å². The van der Waals surface area contributed by atoms with Gasteiger partial charge in [-0.25, -0.2) is 4.79 Å². The highest BCUT2D eigenvalue weighted by atomic mass is 31.2. The first kappa shape index (κ1) is 9.36. The Morgan fingerprint density at radius 1 is 1.50 bits per heavy atom. The van der Waals surface area contributed by atoms with E-state index in [1.54, 1.807) is 0 Å². The van der Waals surface area contributed by atoms with E-state index in [4.69, 9.17) is 14.9 Å². The van der Waals surface area contributed by atoms with Gasteiger partial charge in [-0.15, -0.1) is 0 Å². The van der Waals surface area contributed by atoms with Gasteiger partial charge in [-0.1, -0.05) is 6.08 Å². The van der Waals surface area contributed by atoms with Gasteiger partial charge in [0.05, 0.1) is 6.16 Å². The molecule has 0 aliphatic heterocycles.